The number of rotatable bonds is 11. The number of aliphatic carboxylic acids is 1. The highest BCUT2D eigenvalue weighted by molar-refractivity contribution is 5.90. The molecule has 0 unspecified atom stereocenters. The van der Waals surface area contributed by atoms with Crippen LogP contribution in [0.3, 0.4) is 0 Å². The molecule has 6 aliphatic rings. The number of hydrogen-bond acceptors (Lipinski definition) is 16. The molecule has 300 valence electrons. The molecule has 1 saturated carbocycles. The highest BCUT2D eigenvalue weighted by Crippen LogP contribution is 2.64. The number of carbonyl (C=O) groups excluding carboxylic acids is 1. The Labute approximate surface area is 322 Å². The van der Waals surface area contributed by atoms with Crippen LogP contribution in [-0.4, -0.2) is 113 Å². The van der Waals surface area contributed by atoms with E-state index in [2.05, 4.69) is 9.89 Å². The number of benzene rings is 2. The molecule has 1 spiro atoms. The number of carbonyl (C=O) groups is 2. The Morgan fingerprint density at radius 3 is 2.54 bits per heavy atom. The second-order valence-corrected chi connectivity index (χ2v) is 15.0. The number of allylic oxidation sites excluding steroid dienone is 1. The molecule has 0 aromatic heterocycles. The molecular weight excluding hydrogens is 732 g/mol. The number of aliphatic hydroxyl groups excluding tert-OH is 3. The van der Waals surface area contributed by atoms with Crippen LogP contribution in [0.1, 0.15) is 67.2 Å². The topological polar surface area (TPSA) is 247 Å². The van der Waals surface area contributed by atoms with Gasteiger partial charge in [0.05, 0.1) is 32.0 Å². The third kappa shape index (κ3) is 6.61. The summed E-state index contributed by atoms with van der Waals surface area (Å²) >= 11 is 0. The van der Waals surface area contributed by atoms with E-state index in [0.717, 1.165) is 60.1 Å². The maximum Gasteiger partial charge on any atom is 0.317 e. The molecule has 0 bridgehead atoms. The monoisotopic (exact) mass is 778 g/mol. The van der Waals surface area contributed by atoms with Crippen molar-refractivity contribution in [3.05, 3.63) is 64.5 Å². The fraction of sp³-hybridized carbons (Fsp3) is 0.513. The van der Waals surface area contributed by atoms with Crippen LogP contribution in [0.4, 0.5) is 0 Å². The summed E-state index contributed by atoms with van der Waals surface area (Å²) in [6, 6.07) is 7.40. The molecule has 1 saturated heterocycles. The van der Waals surface area contributed by atoms with Gasteiger partial charge in [0.15, 0.2) is 17.6 Å². The van der Waals surface area contributed by atoms with E-state index in [1.165, 1.54) is 0 Å². The first kappa shape index (κ1) is 38.0. The fourth-order valence-corrected chi connectivity index (χ4v) is 8.97. The van der Waals surface area contributed by atoms with E-state index in [9.17, 15) is 24.9 Å². The molecule has 5 aliphatic heterocycles. The first-order valence-electron chi connectivity index (χ1n) is 18.7. The zero-order valence-corrected chi connectivity index (χ0v) is 30.9. The van der Waals surface area contributed by atoms with Crippen LogP contribution in [0.2, 0.25) is 0 Å². The van der Waals surface area contributed by atoms with E-state index in [1.54, 1.807) is 32.6 Å². The summed E-state index contributed by atoms with van der Waals surface area (Å²) in [5.74, 6) is -0.487. The number of ether oxygens (including phenoxy) is 7. The maximum atomic E-state index is 12.3. The number of carboxylic acid groups (broad SMARTS) is 1. The lowest BCUT2D eigenvalue weighted by atomic mass is 9.68. The Balaban J connectivity index is 1.19. The normalized spacial score (nSPS) is 28.6. The number of esters is 1. The molecule has 17 heteroatoms. The van der Waals surface area contributed by atoms with Crippen molar-refractivity contribution >= 4 is 18.2 Å². The fourth-order valence-electron chi connectivity index (χ4n) is 8.97. The van der Waals surface area contributed by atoms with E-state index >= 15 is 0 Å². The maximum absolute atomic E-state index is 12.3. The van der Waals surface area contributed by atoms with E-state index in [4.69, 9.17) is 49.7 Å². The lowest BCUT2D eigenvalue weighted by Gasteiger charge is -2.48. The summed E-state index contributed by atoms with van der Waals surface area (Å²) in [6.45, 7) is 0.995. The predicted octanol–water partition coefficient (Wildman–Crippen LogP) is 1.50. The van der Waals surface area contributed by atoms with Crippen LogP contribution in [-0.2, 0) is 25.6 Å². The minimum absolute atomic E-state index is 0.179. The average Bonchev–Trinajstić information content (AvgIpc) is 3.88. The summed E-state index contributed by atoms with van der Waals surface area (Å²) in [7, 11) is 3.16. The number of aliphatic hydroxyl groups is 3. The van der Waals surface area contributed by atoms with E-state index in [-0.39, 0.29) is 11.7 Å². The predicted molar refractivity (Wildman–Crippen MR) is 195 cm³/mol. The molecule has 8 atom stereocenters. The second kappa shape index (κ2) is 14.9. The van der Waals surface area contributed by atoms with Gasteiger partial charge in [-0.2, -0.15) is 0 Å². The molecule has 0 amide bonds. The second-order valence-electron chi connectivity index (χ2n) is 15.0. The van der Waals surface area contributed by atoms with Crippen LogP contribution >= 0.6 is 0 Å². The van der Waals surface area contributed by atoms with Crippen molar-refractivity contribution < 1.29 is 63.2 Å². The Bertz CT molecular complexity index is 1980. The van der Waals surface area contributed by atoms with Gasteiger partial charge in [-0.05, 0) is 49.5 Å². The van der Waals surface area contributed by atoms with Gasteiger partial charge in [0, 0.05) is 48.3 Å². The number of aliphatic imine (C=N–C) groups is 1. The van der Waals surface area contributed by atoms with Crippen molar-refractivity contribution in [1.29, 1.82) is 0 Å². The third-order valence-electron chi connectivity index (χ3n) is 11.5. The number of fused-ring (bicyclic) bond motifs is 7. The Hall–Kier alpha value is -4.91. The molecular formula is C39H46N4O13. The SMILES string of the molecule is COc1ccc2c(c1OC)O[C@H]1c3c(CN4C=C5N=CC=C5C4)cc(O[C@@H]4O[C@H]([C@H](OC(=O)CC(=O)O)C(N)N)[C@@H](O)[C@H](O)[C@H]4O)cc3OC3(CCCCC3)[C@@H]21. The van der Waals surface area contributed by atoms with Crippen molar-refractivity contribution in [3.8, 4) is 28.7 Å². The highest BCUT2D eigenvalue weighted by atomic mass is 16.7. The van der Waals surface area contributed by atoms with E-state index < -0.39 is 73.0 Å². The molecule has 2 aromatic rings. The van der Waals surface area contributed by atoms with Crippen LogP contribution in [0.5, 0.6) is 28.7 Å². The van der Waals surface area contributed by atoms with Gasteiger partial charge in [-0.15, -0.1) is 0 Å². The highest BCUT2D eigenvalue weighted by Gasteiger charge is 2.58. The Morgan fingerprint density at radius 1 is 1.05 bits per heavy atom. The molecule has 8 N–H and O–H groups in total. The molecule has 1 aliphatic carbocycles. The summed E-state index contributed by atoms with van der Waals surface area (Å²) in [4.78, 5) is 30.0. The summed E-state index contributed by atoms with van der Waals surface area (Å²) in [5.41, 5.74) is 15.6. The van der Waals surface area contributed by atoms with Gasteiger partial charge < -0.3 is 70.0 Å². The van der Waals surface area contributed by atoms with Gasteiger partial charge in [0.25, 0.3) is 0 Å². The van der Waals surface area contributed by atoms with E-state index in [1.807, 2.05) is 24.4 Å². The van der Waals surface area contributed by atoms with Crippen LogP contribution in [0.15, 0.2) is 52.8 Å². The minimum Gasteiger partial charge on any atom is -0.493 e. The average molecular weight is 779 g/mol. The van der Waals surface area contributed by atoms with Crippen LogP contribution in [0.25, 0.3) is 0 Å². The molecule has 5 heterocycles. The number of methoxy groups -OCH3 is 2. The van der Waals surface area contributed by atoms with Gasteiger partial charge in [-0.1, -0.05) is 12.5 Å². The third-order valence-corrected chi connectivity index (χ3v) is 11.5. The van der Waals surface area contributed by atoms with Crippen molar-refractivity contribution in [1.82, 2.24) is 4.90 Å². The van der Waals surface area contributed by atoms with E-state index in [0.29, 0.717) is 36.1 Å². The molecule has 17 nitrogen and oxygen atoms in total. The molecule has 0 radical (unpaired) electrons. The minimum atomic E-state index is -1.86. The zero-order chi connectivity index (χ0) is 39.5. The first-order valence-corrected chi connectivity index (χ1v) is 18.7. The largest absolute Gasteiger partial charge is 0.493 e. The van der Waals surface area contributed by atoms with Crippen molar-refractivity contribution in [2.24, 2.45) is 16.5 Å². The summed E-state index contributed by atoms with van der Waals surface area (Å²) in [5, 5.41) is 42.1. The molecule has 8 rings (SSSR count). The summed E-state index contributed by atoms with van der Waals surface area (Å²) < 4.78 is 43.0. The number of hydrogen-bond donors (Lipinski definition) is 6. The summed E-state index contributed by atoms with van der Waals surface area (Å²) in [6.07, 6.45) is -3.09. The first-order chi connectivity index (χ1) is 26.9. The lowest BCUT2D eigenvalue weighted by molar-refractivity contribution is -0.291. The van der Waals surface area contributed by atoms with Gasteiger partial charge >= 0.3 is 11.9 Å². The number of carboxylic acids is 1. The Morgan fingerprint density at radius 2 is 1.84 bits per heavy atom. The van der Waals surface area contributed by atoms with Gasteiger partial charge in [-0.3, -0.25) is 14.6 Å². The van der Waals surface area contributed by atoms with Crippen LogP contribution in [0, 0.1) is 0 Å². The number of nitrogens with two attached hydrogens (primary N) is 2. The quantitative estimate of drug-likeness (QED) is 0.107. The molecule has 2 fully saturated rings. The zero-order valence-electron chi connectivity index (χ0n) is 30.9. The van der Waals surface area contributed by atoms with Crippen molar-refractivity contribution in [2.75, 3.05) is 20.8 Å². The number of nitrogens with zero attached hydrogens (tertiary/aromatic N) is 2. The van der Waals surface area contributed by atoms with Gasteiger partial charge in [0.1, 0.15) is 54.0 Å². The van der Waals surface area contributed by atoms with Gasteiger partial charge in [-0.25, -0.2) is 0 Å². The lowest BCUT2D eigenvalue weighted by Crippen LogP contribution is -2.66. The Kier molecular flexibility index (Phi) is 10.1. The van der Waals surface area contributed by atoms with Gasteiger partial charge in [0.2, 0.25) is 12.0 Å². The standard InChI is InChI=1S/C39H46N4O13/c1-50-23-7-6-21-28-34(54-32(21)33(23)51-2)27-19(16-43-15-18-8-11-42-22(18)17-43)12-20(13-24(27)56-39(28)9-4-3-5-10-39)52-38-31(49)29(47)30(48)35(55-38)36(37(40)41)53-26(46)14-25(44)45/h6-8,11-13,17,28-31,34-38,47-49H,3-5,9-10,14-16,40-41H2,1-2H3,(H,44,45)/t28-,29-,30-,31+,34-,35-,36-,38+/m0/s1. The smallest absolute Gasteiger partial charge is 0.317 e. The molecule has 2 aromatic carbocycles. The molecule has 56 heavy (non-hydrogen) atoms. The van der Waals surface area contributed by atoms with Crippen molar-refractivity contribution in [3.63, 3.8) is 0 Å². The van der Waals surface area contributed by atoms with Crippen LogP contribution < -0.4 is 35.2 Å². The van der Waals surface area contributed by atoms with Crippen molar-refractivity contribution in [2.45, 2.75) is 106 Å².